The van der Waals surface area contributed by atoms with Crippen molar-refractivity contribution in [3.05, 3.63) is 28.2 Å². The molecule has 0 aliphatic carbocycles. The first kappa shape index (κ1) is 14.7. The van der Waals surface area contributed by atoms with Crippen molar-refractivity contribution in [2.24, 2.45) is 0 Å². The maximum atomic E-state index is 11.5. The number of ether oxygens (including phenoxy) is 1. The number of aryl methyl sites for hydroxylation is 1. The summed E-state index contributed by atoms with van der Waals surface area (Å²) in [5.74, 6) is -1.49. The standard InChI is InChI=1S/C12H14BrNO4/c1-7-3-4-10(9(13)5-7)14-11(15)6-18-8(2)12(16)17/h3-5,8H,6H2,1-2H3,(H,14,15)(H,16,17). The van der Waals surface area contributed by atoms with Gasteiger partial charge in [0.15, 0.2) is 6.10 Å². The van der Waals surface area contributed by atoms with E-state index >= 15 is 0 Å². The minimum atomic E-state index is -1.10. The van der Waals surface area contributed by atoms with Crippen LogP contribution in [0.1, 0.15) is 12.5 Å². The molecule has 0 heterocycles. The number of carboxylic acid groups (broad SMARTS) is 1. The molecule has 6 heteroatoms. The zero-order valence-electron chi connectivity index (χ0n) is 10.1. The lowest BCUT2D eigenvalue weighted by Gasteiger charge is -2.10. The van der Waals surface area contributed by atoms with Gasteiger partial charge in [-0.2, -0.15) is 0 Å². The molecule has 1 atom stereocenters. The van der Waals surface area contributed by atoms with Gasteiger partial charge in [-0.15, -0.1) is 0 Å². The van der Waals surface area contributed by atoms with Crippen LogP contribution in [-0.4, -0.2) is 29.7 Å². The summed E-state index contributed by atoms with van der Waals surface area (Å²) in [6.07, 6.45) is -1.00. The van der Waals surface area contributed by atoms with Crippen LogP contribution in [-0.2, 0) is 14.3 Å². The second kappa shape index (κ2) is 6.51. The summed E-state index contributed by atoms with van der Waals surface area (Å²) in [7, 11) is 0. The van der Waals surface area contributed by atoms with E-state index in [0.29, 0.717) is 5.69 Å². The van der Waals surface area contributed by atoms with Crippen LogP contribution in [0.4, 0.5) is 5.69 Å². The van der Waals surface area contributed by atoms with Gasteiger partial charge in [0.05, 0.1) is 5.69 Å². The van der Waals surface area contributed by atoms with E-state index < -0.39 is 18.0 Å². The summed E-state index contributed by atoms with van der Waals surface area (Å²) in [5, 5.41) is 11.2. The van der Waals surface area contributed by atoms with Gasteiger partial charge in [0.2, 0.25) is 5.91 Å². The number of hydrogen-bond acceptors (Lipinski definition) is 3. The van der Waals surface area contributed by atoms with E-state index in [4.69, 9.17) is 9.84 Å². The molecule has 0 aliphatic heterocycles. The van der Waals surface area contributed by atoms with Crippen LogP contribution in [0.25, 0.3) is 0 Å². The van der Waals surface area contributed by atoms with Gasteiger partial charge >= 0.3 is 5.97 Å². The molecule has 0 saturated carbocycles. The van der Waals surface area contributed by atoms with E-state index in [1.54, 1.807) is 6.07 Å². The van der Waals surface area contributed by atoms with Crippen molar-refractivity contribution >= 4 is 33.5 Å². The van der Waals surface area contributed by atoms with Crippen molar-refractivity contribution in [3.8, 4) is 0 Å². The summed E-state index contributed by atoms with van der Waals surface area (Å²) in [6, 6.07) is 5.50. The van der Waals surface area contributed by atoms with Crippen molar-refractivity contribution in [1.29, 1.82) is 0 Å². The van der Waals surface area contributed by atoms with Crippen LogP contribution in [0.3, 0.4) is 0 Å². The maximum absolute atomic E-state index is 11.5. The van der Waals surface area contributed by atoms with Gasteiger partial charge in [-0.1, -0.05) is 6.07 Å². The molecule has 18 heavy (non-hydrogen) atoms. The van der Waals surface area contributed by atoms with Gasteiger partial charge in [-0.3, -0.25) is 4.79 Å². The summed E-state index contributed by atoms with van der Waals surface area (Å²) < 4.78 is 5.64. The first-order valence-corrected chi connectivity index (χ1v) is 6.10. The fourth-order valence-electron chi connectivity index (χ4n) is 1.18. The van der Waals surface area contributed by atoms with Crippen molar-refractivity contribution in [3.63, 3.8) is 0 Å². The number of aliphatic carboxylic acids is 1. The lowest BCUT2D eigenvalue weighted by atomic mass is 10.2. The monoisotopic (exact) mass is 315 g/mol. The number of amides is 1. The Labute approximate surface area is 113 Å². The Morgan fingerprint density at radius 1 is 1.50 bits per heavy atom. The fourth-order valence-corrected chi connectivity index (χ4v) is 1.77. The Morgan fingerprint density at radius 3 is 2.72 bits per heavy atom. The lowest BCUT2D eigenvalue weighted by Crippen LogP contribution is -2.26. The number of carbonyl (C=O) groups is 2. The molecule has 0 radical (unpaired) electrons. The molecule has 1 rings (SSSR count). The van der Waals surface area contributed by atoms with Crippen LogP contribution in [0.5, 0.6) is 0 Å². The number of nitrogens with one attached hydrogen (secondary N) is 1. The number of anilines is 1. The average Bonchev–Trinajstić information content (AvgIpc) is 2.29. The van der Waals surface area contributed by atoms with Crippen LogP contribution < -0.4 is 5.32 Å². The third-order valence-corrected chi connectivity index (χ3v) is 2.87. The zero-order chi connectivity index (χ0) is 13.7. The molecule has 1 aromatic rings. The number of hydrogen-bond donors (Lipinski definition) is 2. The smallest absolute Gasteiger partial charge is 0.332 e. The molecule has 0 aliphatic rings. The van der Waals surface area contributed by atoms with Crippen LogP contribution in [0.15, 0.2) is 22.7 Å². The largest absolute Gasteiger partial charge is 0.479 e. The van der Waals surface area contributed by atoms with Gasteiger partial charge in [-0.25, -0.2) is 4.79 Å². The van der Waals surface area contributed by atoms with Gasteiger partial charge in [0.1, 0.15) is 6.61 Å². The SMILES string of the molecule is Cc1ccc(NC(=O)COC(C)C(=O)O)c(Br)c1. The minimum Gasteiger partial charge on any atom is -0.479 e. The lowest BCUT2D eigenvalue weighted by molar-refractivity contribution is -0.150. The molecule has 0 spiro atoms. The van der Waals surface area contributed by atoms with E-state index in [9.17, 15) is 9.59 Å². The van der Waals surface area contributed by atoms with Crippen LogP contribution in [0.2, 0.25) is 0 Å². The molecule has 98 valence electrons. The highest BCUT2D eigenvalue weighted by Gasteiger charge is 2.13. The molecule has 0 aromatic heterocycles. The normalized spacial score (nSPS) is 11.9. The van der Waals surface area contributed by atoms with Gasteiger partial charge in [-0.05, 0) is 47.5 Å². The molecule has 1 aromatic carbocycles. The quantitative estimate of drug-likeness (QED) is 0.873. The van der Waals surface area contributed by atoms with E-state index in [-0.39, 0.29) is 6.61 Å². The molecule has 0 fully saturated rings. The third kappa shape index (κ3) is 4.46. The van der Waals surface area contributed by atoms with Gasteiger partial charge in [0, 0.05) is 4.47 Å². The molecule has 2 N–H and O–H groups in total. The Balaban J connectivity index is 2.52. The fraction of sp³-hybridized carbons (Fsp3) is 0.333. The first-order valence-electron chi connectivity index (χ1n) is 5.30. The predicted molar refractivity (Wildman–Crippen MR) is 70.6 cm³/mol. The summed E-state index contributed by atoms with van der Waals surface area (Å²) in [4.78, 5) is 22.0. The number of rotatable bonds is 5. The second-order valence-corrected chi connectivity index (χ2v) is 4.68. The number of carbonyl (C=O) groups excluding carboxylic acids is 1. The highest BCUT2D eigenvalue weighted by molar-refractivity contribution is 9.10. The Bertz CT molecular complexity index is 461. The zero-order valence-corrected chi connectivity index (χ0v) is 11.7. The molecular weight excluding hydrogens is 302 g/mol. The molecule has 0 bridgehead atoms. The van der Waals surface area contributed by atoms with Crippen molar-refractivity contribution in [2.45, 2.75) is 20.0 Å². The summed E-state index contributed by atoms with van der Waals surface area (Å²) in [5.41, 5.74) is 1.69. The van der Waals surface area contributed by atoms with Crippen molar-refractivity contribution < 1.29 is 19.4 Å². The van der Waals surface area contributed by atoms with E-state index in [2.05, 4.69) is 21.2 Å². The molecule has 1 unspecified atom stereocenters. The summed E-state index contributed by atoms with van der Waals surface area (Å²) >= 11 is 3.33. The van der Waals surface area contributed by atoms with E-state index in [1.165, 1.54) is 6.92 Å². The Kier molecular flexibility index (Phi) is 5.30. The maximum Gasteiger partial charge on any atom is 0.332 e. The van der Waals surface area contributed by atoms with Gasteiger partial charge < -0.3 is 15.2 Å². The first-order chi connectivity index (χ1) is 8.40. The third-order valence-electron chi connectivity index (χ3n) is 2.21. The second-order valence-electron chi connectivity index (χ2n) is 3.82. The highest BCUT2D eigenvalue weighted by atomic mass is 79.9. The van der Waals surface area contributed by atoms with Crippen LogP contribution >= 0.6 is 15.9 Å². The molecule has 0 saturated heterocycles. The molecule has 1 amide bonds. The molecular formula is C12H14BrNO4. The topological polar surface area (TPSA) is 75.6 Å². The highest BCUT2D eigenvalue weighted by Crippen LogP contribution is 2.23. The number of halogens is 1. The van der Waals surface area contributed by atoms with E-state index in [1.807, 2.05) is 19.1 Å². The average molecular weight is 316 g/mol. The van der Waals surface area contributed by atoms with Crippen molar-refractivity contribution in [1.82, 2.24) is 0 Å². The van der Waals surface area contributed by atoms with Crippen molar-refractivity contribution in [2.75, 3.05) is 11.9 Å². The number of benzene rings is 1. The predicted octanol–water partition coefficient (Wildman–Crippen LogP) is 2.19. The van der Waals surface area contributed by atoms with Crippen LogP contribution in [0, 0.1) is 6.92 Å². The summed E-state index contributed by atoms with van der Waals surface area (Å²) in [6.45, 7) is 3.01. The minimum absolute atomic E-state index is 0.298. The van der Waals surface area contributed by atoms with Gasteiger partial charge in [0.25, 0.3) is 0 Å². The molecule has 5 nitrogen and oxygen atoms in total. The van der Waals surface area contributed by atoms with E-state index in [0.717, 1.165) is 10.0 Å². The number of carboxylic acids is 1. The Hall–Kier alpha value is -1.40. The Morgan fingerprint density at radius 2 is 2.17 bits per heavy atom.